The number of nitrogens with one attached hydrogen (secondary N) is 2. The van der Waals surface area contributed by atoms with Gasteiger partial charge in [-0.3, -0.25) is 19.7 Å². The highest BCUT2D eigenvalue weighted by Gasteiger charge is 2.34. The van der Waals surface area contributed by atoms with E-state index in [0.29, 0.717) is 18.7 Å². The van der Waals surface area contributed by atoms with E-state index in [1.54, 1.807) is 11.9 Å². The molecule has 0 saturated carbocycles. The number of alkyl carbamates (subject to hydrolysis) is 1. The van der Waals surface area contributed by atoms with Gasteiger partial charge in [0.25, 0.3) is 5.91 Å². The Balaban J connectivity index is 1.21. The van der Waals surface area contributed by atoms with Gasteiger partial charge in [-0.05, 0) is 37.6 Å². The Morgan fingerprint density at radius 2 is 1.79 bits per heavy atom. The van der Waals surface area contributed by atoms with Crippen molar-refractivity contribution in [2.45, 2.75) is 38.1 Å². The molecule has 4 amide bonds. The van der Waals surface area contributed by atoms with Gasteiger partial charge >= 0.3 is 6.09 Å². The number of ether oxygens (including phenoxy) is 1. The maximum absolute atomic E-state index is 14.8. The number of hydrogen-bond donors (Lipinski definition) is 2. The SMILES string of the molecule is C=C(CCOC(=O)NC1CN(c2cc(F)c(C3CCC(=O)NC3=O)c(F)c2)C1)C(=O)N(C)c1ccc(C)cc1. The van der Waals surface area contributed by atoms with E-state index < -0.39 is 35.5 Å². The lowest BCUT2D eigenvalue weighted by Gasteiger charge is -2.41. The lowest BCUT2D eigenvalue weighted by molar-refractivity contribution is -0.134. The Labute approximate surface area is 224 Å². The molecule has 2 aliphatic heterocycles. The molecule has 4 rings (SSSR count). The van der Waals surface area contributed by atoms with Gasteiger partial charge < -0.3 is 19.9 Å². The maximum Gasteiger partial charge on any atom is 0.407 e. The molecular formula is C28H30F2N4O5. The number of carbonyl (C=O) groups is 4. The van der Waals surface area contributed by atoms with Crippen LogP contribution in [-0.2, 0) is 19.1 Å². The van der Waals surface area contributed by atoms with Crippen LogP contribution in [0.15, 0.2) is 48.6 Å². The third-order valence-electron chi connectivity index (χ3n) is 6.89. The van der Waals surface area contributed by atoms with Crippen molar-refractivity contribution in [3.05, 3.63) is 71.3 Å². The van der Waals surface area contributed by atoms with Gasteiger partial charge in [0.15, 0.2) is 0 Å². The van der Waals surface area contributed by atoms with E-state index in [9.17, 15) is 28.0 Å². The van der Waals surface area contributed by atoms with Crippen molar-refractivity contribution in [2.24, 2.45) is 0 Å². The monoisotopic (exact) mass is 540 g/mol. The molecule has 1 atom stereocenters. The van der Waals surface area contributed by atoms with Crippen LogP contribution in [0.5, 0.6) is 0 Å². The standard InChI is InChI=1S/C28H30F2N4O5/c1-16-4-6-19(7-5-16)33(3)27(37)17(2)10-11-39-28(38)31-18-14-34(15-18)20-12-22(29)25(23(30)13-20)21-8-9-24(35)32-26(21)36/h4-7,12-13,18,21H,2,8-11,14-15H2,1,3H3,(H,31,38)(H,32,35,36). The van der Waals surface area contributed by atoms with Crippen LogP contribution in [0.4, 0.5) is 25.0 Å². The third-order valence-corrected chi connectivity index (χ3v) is 6.89. The van der Waals surface area contributed by atoms with E-state index in [4.69, 9.17) is 4.74 Å². The zero-order valence-corrected chi connectivity index (χ0v) is 21.8. The molecule has 0 radical (unpaired) electrons. The van der Waals surface area contributed by atoms with Gasteiger partial charge in [-0.2, -0.15) is 0 Å². The van der Waals surface area contributed by atoms with Crippen LogP contribution in [-0.4, -0.2) is 56.6 Å². The van der Waals surface area contributed by atoms with E-state index in [-0.39, 0.29) is 49.1 Å². The normalized spacial score (nSPS) is 17.2. The number of aryl methyl sites for hydroxylation is 1. The predicted octanol–water partition coefficient (Wildman–Crippen LogP) is 3.32. The van der Waals surface area contributed by atoms with E-state index >= 15 is 0 Å². The summed E-state index contributed by atoms with van der Waals surface area (Å²) in [7, 11) is 1.65. The van der Waals surface area contributed by atoms with Crippen LogP contribution in [0.2, 0.25) is 0 Å². The minimum Gasteiger partial charge on any atom is -0.449 e. The Bertz CT molecular complexity index is 1280. The lowest BCUT2D eigenvalue weighted by Crippen LogP contribution is -2.59. The summed E-state index contributed by atoms with van der Waals surface area (Å²) in [6, 6.07) is 9.47. The largest absolute Gasteiger partial charge is 0.449 e. The summed E-state index contributed by atoms with van der Waals surface area (Å²) in [5, 5.41) is 4.78. The van der Waals surface area contributed by atoms with Gasteiger partial charge in [-0.15, -0.1) is 0 Å². The fourth-order valence-electron chi connectivity index (χ4n) is 4.54. The number of hydrogen-bond acceptors (Lipinski definition) is 6. The van der Waals surface area contributed by atoms with Gasteiger partial charge in [0, 0.05) is 55.5 Å². The Morgan fingerprint density at radius 1 is 1.15 bits per heavy atom. The number of anilines is 2. The van der Waals surface area contributed by atoms with E-state index in [2.05, 4.69) is 17.2 Å². The number of nitrogens with zero attached hydrogens (tertiary/aromatic N) is 2. The second-order valence-electron chi connectivity index (χ2n) is 9.76. The van der Waals surface area contributed by atoms with Crippen LogP contribution in [0.1, 0.15) is 36.3 Å². The molecule has 2 aromatic carbocycles. The predicted molar refractivity (Wildman–Crippen MR) is 140 cm³/mol. The van der Waals surface area contributed by atoms with Crippen LogP contribution in [0.25, 0.3) is 0 Å². The zero-order valence-electron chi connectivity index (χ0n) is 21.8. The smallest absolute Gasteiger partial charge is 0.407 e. The summed E-state index contributed by atoms with van der Waals surface area (Å²) in [5.41, 5.74) is 2.03. The average Bonchev–Trinajstić information content (AvgIpc) is 2.86. The summed E-state index contributed by atoms with van der Waals surface area (Å²) in [4.78, 5) is 51.2. The topological polar surface area (TPSA) is 108 Å². The van der Waals surface area contributed by atoms with E-state index in [0.717, 1.165) is 23.4 Å². The molecule has 9 nitrogen and oxygen atoms in total. The number of benzene rings is 2. The number of rotatable bonds is 8. The molecule has 1 unspecified atom stereocenters. The van der Waals surface area contributed by atoms with Gasteiger partial charge in [0.1, 0.15) is 11.6 Å². The van der Waals surface area contributed by atoms with Gasteiger partial charge in [-0.25, -0.2) is 13.6 Å². The fourth-order valence-corrected chi connectivity index (χ4v) is 4.54. The van der Waals surface area contributed by atoms with Gasteiger partial charge in [0.05, 0.1) is 18.6 Å². The number of imide groups is 1. The number of likely N-dealkylation sites (N-methyl/N-ethyl adjacent to an activating group) is 1. The summed E-state index contributed by atoms with van der Waals surface area (Å²) in [5.74, 6) is -4.24. The van der Waals surface area contributed by atoms with Crippen LogP contribution < -0.4 is 20.4 Å². The molecule has 39 heavy (non-hydrogen) atoms. The minimum absolute atomic E-state index is 0.0154. The molecule has 2 aromatic rings. The Hall–Kier alpha value is -4.28. The van der Waals surface area contributed by atoms with E-state index in [1.807, 2.05) is 31.2 Å². The molecule has 2 saturated heterocycles. The number of carbonyl (C=O) groups excluding carboxylic acids is 4. The molecule has 0 spiro atoms. The first kappa shape index (κ1) is 27.7. The molecule has 11 heteroatoms. The number of amides is 4. The first-order valence-electron chi connectivity index (χ1n) is 12.6. The van der Waals surface area contributed by atoms with Gasteiger partial charge in [-0.1, -0.05) is 24.3 Å². The molecule has 2 fully saturated rings. The van der Waals surface area contributed by atoms with Crippen LogP contribution in [0, 0.1) is 18.6 Å². The van der Waals surface area contributed by atoms with Crippen molar-refractivity contribution in [1.82, 2.24) is 10.6 Å². The highest BCUT2D eigenvalue weighted by Crippen LogP contribution is 2.33. The van der Waals surface area contributed by atoms with Crippen molar-refractivity contribution in [1.29, 1.82) is 0 Å². The second kappa shape index (κ2) is 11.6. The molecule has 2 aliphatic rings. The van der Waals surface area contributed by atoms with Crippen LogP contribution >= 0.6 is 0 Å². The van der Waals surface area contributed by atoms with Crippen molar-refractivity contribution in [3.8, 4) is 0 Å². The quantitative estimate of drug-likeness (QED) is 0.393. The summed E-state index contributed by atoms with van der Waals surface area (Å²) in [6.07, 6.45) is -0.447. The Morgan fingerprint density at radius 3 is 2.41 bits per heavy atom. The lowest BCUT2D eigenvalue weighted by atomic mass is 9.89. The number of halogens is 2. The second-order valence-corrected chi connectivity index (χ2v) is 9.76. The summed E-state index contributed by atoms with van der Waals surface area (Å²) < 4.78 is 34.7. The van der Waals surface area contributed by atoms with Crippen molar-refractivity contribution in [3.63, 3.8) is 0 Å². The summed E-state index contributed by atoms with van der Waals surface area (Å²) >= 11 is 0. The average molecular weight is 541 g/mol. The van der Waals surface area contributed by atoms with Crippen molar-refractivity contribution >= 4 is 35.2 Å². The van der Waals surface area contributed by atoms with E-state index in [1.165, 1.54) is 4.90 Å². The first-order valence-corrected chi connectivity index (χ1v) is 12.6. The van der Waals surface area contributed by atoms with Gasteiger partial charge in [0.2, 0.25) is 11.8 Å². The molecule has 0 bridgehead atoms. The molecule has 2 N–H and O–H groups in total. The molecule has 206 valence electrons. The molecule has 0 aliphatic carbocycles. The third kappa shape index (κ3) is 6.42. The first-order chi connectivity index (χ1) is 18.5. The highest BCUT2D eigenvalue weighted by molar-refractivity contribution is 6.04. The molecular weight excluding hydrogens is 510 g/mol. The van der Waals surface area contributed by atoms with Crippen molar-refractivity contribution < 1.29 is 32.7 Å². The van der Waals surface area contributed by atoms with Crippen molar-refractivity contribution in [2.75, 3.05) is 36.5 Å². The molecule has 0 aromatic heterocycles. The zero-order chi connectivity index (χ0) is 28.3. The number of piperidine rings is 1. The minimum atomic E-state index is -1.06. The van der Waals surface area contributed by atoms with Crippen LogP contribution in [0.3, 0.4) is 0 Å². The highest BCUT2D eigenvalue weighted by atomic mass is 19.1. The molecule has 2 heterocycles. The summed E-state index contributed by atoms with van der Waals surface area (Å²) in [6.45, 7) is 6.32. The Kier molecular flexibility index (Phi) is 8.27. The maximum atomic E-state index is 14.8. The fraction of sp³-hybridized carbons (Fsp3) is 0.357.